The van der Waals surface area contributed by atoms with Crippen molar-refractivity contribution in [3.8, 4) is 0 Å². The van der Waals surface area contributed by atoms with Crippen LogP contribution in [0.5, 0.6) is 0 Å². The zero-order valence-corrected chi connectivity index (χ0v) is 11.0. The number of anilines is 1. The minimum absolute atomic E-state index is 0.0142. The van der Waals surface area contributed by atoms with E-state index >= 15 is 0 Å². The number of rotatable bonds is 5. The van der Waals surface area contributed by atoms with Gasteiger partial charge < -0.3 is 16.0 Å². The highest BCUT2D eigenvalue weighted by molar-refractivity contribution is 5.78. The van der Waals surface area contributed by atoms with E-state index in [-0.39, 0.29) is 17.6 Å². The van der Waals surface area contributed by atoms with Crippen molar-refractivity contribution in [3.63, 3.8) is 0 Å². The predicted octanol–water partition coefficient (Wildman–Crippen LogP) is 1.22. The second kappa shape index (κ2) is 6.35. The van der Waals surface area contributed by atoms with Crippen molar-refractivity contribution in [1.29, 1.82) is 0 Å². The van der Waals surface area contributed by atoms with Gasteiger partial charge in [0.1, 0.15) is 5.82 Å². The van der Waals surface area contributed by atoms with Gasteiger partial charge in [0.2, 0.25) is 5.91 Å². The molecular formula is C13H20FN3O. The lowest BCUT2D eigenvalue weighted by molar-refractivity contribution is -0.124. The van der Waals surface area contributed by atoms with Gasteiger partial charge in [0, 0.05) is 37.3 Å². The Morgan fingerprint density at radius 1 is 1.56 bits per heavy atom. The van der Waals surface area contributed by atoms with E-state index in [9.17, 15) is 9.18 Å². The van der Waals surface area contributed by atoms with Gasteiger partial charge in [-0.1, -0.05) is 13.0 Å². The first-order valence-electron chi connectivity index (χ1n) is 5.88. The Morgan fingerprint density at radius 3 is 2.78 bits per heavy atom. The maximum Gasteiger partial charge on any atom is 0.223 e. The first-order valence-corrected chi connectivity index (χ1v) is 5.88. The SMILES string of the molecule is CNC(=O)C(C)CN(C)Cc1ccc(N)cc1F. The number of carbonyl (C=O) groups is 1. The molecule has 0 heterocycles. The van der Waals surface area contributed by atoms with Crippen molar-refractivity contribution >= 4 is 11.6 Å². The molecule has 0 saturated heterocycles. The largest absolute Gasteiger partial charge is 0.399 e. The van der Waals surface area contributed by atoms with Gasteiger partial charge in [0.05, 0.1) is 0 Å². The zero-order valence-electron chi connectivity index (χ0n) is 11.0. The minimum Gasteiger partial charge on any atom is -0.399 e. The van der Waals surface area contributed by atoms with Crippen molar-refractivity contribution in [2.75, 3.05) is 26.4 Å². The molecule has 100 valence electrons. The number of benzene rings is 1. The van der Waals surface area contributed by atoms with E-state index < -0.39 is 0 Å². The molecule has 5 heteroatoms. The summed E-state index contributed by atoms with van der Waals surface area (Å²) in [4.78, 5) is 13.3. The Kier molecular flexibility index (Phi) is 5.09. The zero-order chi connectivity index (χ0) is 13.7. The number of nitrogens with one attached hydrogen (secondary N) is 1. The van der Waals surface area contributed by atoms with Crippen molar-refractivity contribution in [2.24, 2.45) is 5.92 Å². The molecule has 0 aliphatic heterocycles. The molecule has 0 bridgehead atoms. The summed E-state index contributed by atoms with van der Waals surface area (Å²) in [5.41, 5.74) is 6.48. The fourth-order valence-corrected chi connectivity index (χ4v) is 1.84. The molecule has 3 N–H and O–H groups in total. The lowest BCUT2D eigenvalue weighted by Crippen LogP contribution is -2.34. The highest BCUT2D eigenvalue weighted by atomic mass is 19.1. The number of nitrogens with two attached hydrogens (primary N) is 1. The van der Waals surface area contributed by atoms with Gasteiger partial charge in [-0.05, 0) is 19.2 Å². The molecule has 1 aromatic carbocycles. The van der Waals surface area contributed by atoms with Gasteiger partial charge in [-0.2, -0.15) is 0 Å². The van der Waals surface area contributed by atoms with Gasteiger partial charge in [0.25, 0.3) is 0 Å². The van der Waals surface area contributed by atoms with E-state index in [4.69, 9.17) is 5.73 Å². The monoisotopic (exact) mass is 253 g/mol. The molecule has 0 radical (unpaired) electrons. The average molecular weight is 253 g/mol. The summed E-state index contributed by atoms with van der Waals surface area (Å²) in [7, 11) is 3.47. The Labute approximate surface area is 107 Å². The van der Waals surface area contributed by atoms with Crippen LogP contribution < -0.4 is 11.1 Å². The first-order chi connectivity index (χ1) is 8.43. The number of nitrogens with zero attached hydrogens (tertiary/aromatic N) is 1. The van der Waals surface area contributed by atoms with E-state index in [0.29, 0.717) is 24.3 Å². The molecular weight excluding hydrogens is 233 g/mol. The molecule has 4 nitrogen and oxygen atoms in total. The third kappa shape index (κ3) is 4.00. The third-order valence-corrected chi connectivity index (χ3v) is 2.80. The van der Waals surface area contributed by atoms with Crippen LogP contribution in [-0.4, -0.2) is 31.4 Å². The maximum atomic E-state index is 13.6. The highest BCUT2D eigenvalue weighted by Gasteiger charge is 2.14. The normalized spacial score (nSPS) is 12.5. The molecule has 0 aliphatic carbocycles. The summed E-state index contributed by atoms with van der Waals surface area (Å²) in [6.07, 6.45) is 0. The van der Waals surface area contributed by atoms with Gasteiger partial charge in [-0.3, -0.25) is 4.79 Å². The summed E-state index contributed by atoms with van der Waals surface area (Å²) in [5, 5.41) is 2.60. The number of halogens is 1. The maximum absolute atomic E-state index is 13.6. The van der Waals surface area contributed by atoms with Crippen LogP contribution >= 0.6 is 0 Å². The fourth-order valence-electron chi connectivity index (χ4n) is 1.84. The van der Waals surface area contributed by atoms with Crippen LogP contribution in [0.3, 0.4) is 0 Å². The third-order valence-electron chi connectivity index (χ3n) is 2.80. The van der Waals surface area contributed by atoms with Crippen LogP contribution in [0.25, 0.3) is 0 Å². The Hall–Kier alpha value is -1.62. The standard InChI is InChI=1S/C13H20FN3O/c1-9(13(18)16-2)7-17(3)8-10-4-5-11(15)6-12(10)14/h4-6,9H,7-8,15H2,1-3H3,(H,16,18). The smallest absolute Gasteiger partial charge is 0.223 e. The van der Waals surface area contributed by atoms with Crippen molar-refractivity contribution in [2.45, 2.75) is 13.5 Å². The molecule has 1 aromatic rings. The number of hydrogen-bond donors (Lipinski definition) is 2. The second-order valence-electron chi connectivity index (χ2n) is 4.56. The summed E-state index contributed by atoms with van der Waals surface area (Å²) in [6.45, 7) is 2.87. The van der Waals surface area contributed by atoms with E-state index in [2.05, 4.69) is 5.32 Å². The second-order valence-corrected chi connectivity index (χ2v) is 4.56. The van der Waals surface area contributed by atoms with Crippen molar-refractivity contribution < 1.29 is 9.18 Å². The number of carbonyl (C=O) groups excluding carboxylic acids is 1. The molecule has 0 aromatic heterocycles. The van der Waals surface area contributed by atoms with E-state index in [1.54, 1.807) is 19.2 Å². The summed E-state index contributed by atoms with van der Waals surface area (Å²) in [5.74, 6) is -0.453. The Bertz CT molecular complexity index is 423. The molecule has 1 amide bonds. The first kappa shape index (κ1) is 14.4. The molecule has 0 spiro atoms. The molecule has 18 heavy (non-hydrogen) atoms. The van der Waals surface area contributed by atoms with Crippen molar-refractivity contribution in [1.82, 2.24) is 10.2 Å². The van der Waals surface area contributed by atoms with E-state index in [1.807, 2.05) is 18.9 Å². The lowest BCUT2D eigenvalue weighted by atomic mass is 10.1. The quantitative estimate of drug-likeness (QED) is 0.776. The average Bonchev–Trinajstić information content (AvgIpc) is 2.31. The van der Waals surface area contributed by atoms with E-state index in [1.165, 1.54) is 6.07 Å². The number of nitrogen functional groups attached to an aromatic ring is 1. The van der Waals surface area contributed by atoms with Gasteiger partial charge in [-0.15, -0.1) is 0 Å². The van der Waals surface area contributed by atoms with Crippen molar-refractivity contribution in [3.05, 3.63) is 29.6 Å². The van der Waals surface area contributed by atoms with Crippen LogP contribution in [0.1, 0.15) is 12.5 Å². The summed E-state index contributed by atoms with van der Waals surface area (Å²) < 4.78 is 13.6. The predicted molar refractivity (Wildman–Crippen MR) is 70.4 cm³/mol. The minimum atomic E-state index is -0.311. The topological polar surface area (TPSA) is 58.4 Å². The van der Waals surface area contributed by atoms with Gasteiger partial charge in [0.15, 0.2) is 0 Å². The Morgan fingerprint density at radius 2 is 2.22 bits per heavy atom. The summed E-state index contributed by atoms with van der Waals surface area (Å²) in [6, 6.07) is 4.66. The number of hydrogen-bond acceptors (Lipinski definition) is 3. The van der Waals surface area contributed by atoms with Crippen LogP contribution in [0.15, 0.2) is 18.2 Å². The van der Waals surface area contributed by atoms with Crippen LogP contribution in [0.4, 0.5) is 10.1 Å². The van der Waals surface area contributed by atoms with E-state index in [0.717, 1.165) is 0 Å². The molecule has 1 rings (SSSR count). The van der Waals surface area contributed by atoms with Crippen LogP contribution in [-0.2, 0) is 11.3 Å². The molecule has 0 fully saturated rings. The molecule has 1 atom stereocenters. The fraction of sp³-hybridized carbons (Fsp3) is 0.462. The molecule has 0 aliphatic rings. The van der Waals surface area contributed by atoms with Gasteiger partial charge >= 0.3 is 0 Å². The summed E-state index contributed by atoms with van der Waals surface area (Å²) >= 11 is 0. The number of amides is 1. The molecule has 0 saturated carbocycles. The lowest BCUT2D eigenvalue weighted by Gasteiger charge is -2.20. The highest BCUT2D eigenvalue weighted by Crippen LogP contribution is 2.14. The Balaban J connectivity index is 2.59. The van der Waals surface area contributed by atoms with Crippen LogP contribution in [0, 0.1) is 11.7 Å². The van der Waals surface area contributed by atoms with Gasteiger partial charge in [-0.25, -0.2) is 4.39 Å². The molecule has 1 unspecified atom stereocenters. The van der Waals surface area contributed by atoms with Crippen LogP contribution in [0.2, 0.25) is 0 Å².